The van der Waals surface area contributed by atoms with Crippen molar-refractivity contribution in [2.24, 2.45) is 0 Å². The number of carboxylic acids is 1. The van der Waals surface area contributed by atoms with Crippen LogP contribution < -0.4 is 5.32 Å². The van der Waals surface area contributed by atoms with Crippen molar-refractivity contribution in [2.45, 2.75) is 13.0 Å². The summed E-state index contributed by atoms with van der Waals surface area (Å²) in [5.41, 5.74) is 0. The normalized spacial score (nSPS) is 24.0. The average molecular weight is 298 g/mol. The van der Waals surface area contributed by atoms with Gasteiger partial charge in [-0.15, -0.1) is 0 Å². The molecule has 0 aromatic carbocycles. The number of hydrogen-bond acceptors (Lipinski definition) is 5. The van der Waals surface area contributed by atoms with E-state index in [1.165, 1.54) is 6.92 Å². The summed E-state index contributed by atoms with van der Waals surface area (Å²) < 4.78 is 0. The molecule has 0 spiro atoms. The fourth-order valence-electron chi connectivity index (χ4n) is 2.72. The van der Waals surface area contributed by atoms with Gasteiger partial charge in [-0.05, 0) is 0 Å². The fourth-order valence-corrected chi connectivity index (χ4v) is 2.72. The third-order valence-electron chi connectivity index (χ3n) is 4.06. The van der Waals surface area contributed by atoms with Gasteiger partial charge in [0.15, 0.2) is 0 Å². The molecule has 2 rings (SSSR count). The van der Waals surface area contributed by atoms with E-state index in [9.17, 15) is 19.5 Å². The van der Waals surface area contributed by atoms with Crippen molar-refractivity contribution in [1.82, 2.24) is 20.0 Å². The lowest BCUT2D eigenvalue weighted by Crippen LogP contribution is -2.58. The van der Waals surface area contributed by atoms with E-state index < -0.39 is 12.0 Å². The molecule has 0 aromatic heterocycles. The van der Waals surface area contributed by atoms with Crippen molar-refractivity contribution in [2.75, 3.05) is 52.4 Å². The van der Waals surface area contributed by atoms with Crippen LogP contribution in [0.2, 0.25) is 0 Å². The first-order valence-corrected chi connectivity index (χ1v) is 7.20. The first-order chi connectivity index (χ1) is 9.99. The molecule has 118 valence electrons. The fraction of sp³-hybridized carbons (Fsp3) is 0.769. The number of rotatable bonds is 3. The minimum Gasteiger partial charge on any atom is -0.480 e. The predicted octanol–water partition coefficient (Wildman–Crippen LogP) is -1.96. The molecule has 8 heteroatoms. The predicted molar refractivity (Wildman–Crippen MR) is 74.7 cm³/mol. The summed E-state index contributed by atoms with van der Waals surface area (Å²) in [6.07, 6.45) is 0. The molecule has 2 N–H and O–H groups in total. The maximum absolute atomic E-state index is 12.3. The second kappa shape index (κ2) is 6.86. The number of carbonyl (C=O) groups excluding carboxylic acids is 2. The van der Waals surface area contributed by atoms with Crippen molar-refractivity contribution in [3.8, 4) is 0 Å². The lowest BCUT2D eigenvalue weighted by Gasteiger charge is -2.37. The summed E-state index contributed by atoms with van der Waals surface area (Å²) in [6.45, 7) is 5.38. The molecule has 21 heavy (non-hydrogen) atoms. The Balaban J connectivity index is 1.86. The number of aliphatic carboxylic acids is 1. The van der Waals surface area contributed by atoms with Gasteiger partial charge in [-0.1, -0.05) is 0 Å². The molecule has 2 amide bonds. The molecule has 2 aliphatic heterocycles. The Morgan fingerprint density at radius 2 is 1.71 bits per heavy atom. The van der Waals surface area contributed by atoms with Gasteiger partial charge in [0, 0.05) is 52.7 Å². The number of carboxylic acid groups (broad SMARTS) is 1. The van der Waals surface area contributed by atoms with Crippen molar-refractivity contribution in [1.29, 1.82) is 0 Å². The summed E-state index contributed by atoms with van der Waals surface area (Å²) in [7, 11) is 0. The first kappa shape index (κ1) is 15.7. The van der Waals surface area contributed by atoms with Gasteiger partial charge in [-0.25, -0.2) is 0 Å². The first-order valence-electron chi connectivity index (χ1n) is 7.20. The van der Waals surface area contributed by atoms with Crippen LogP contribution in [0.5, 0.6) is 0 Å². The second-order valence-corrected chi connectivity index (χ2v) is 5.42. The zero-order valence-corrected chi connectivity index (χ0v) is 12.2. The molecule has 0 saturated carbocycles. The zero-order chi connectivity index (χ0) is 15.4. The maximum Gasteiger partial charge on any atom is 0.322 e. The minimum atomic E-state index is -0.906. The second-order valence-electron chi connectivity index (χ2n) is 5.42. The van der Waals surface area contributed by atoms with Crippen molar-refractivity contribution >= 4 is 17.8 Å². The van der Waals surface area contributed by atoms with E-state index in [0.29, 0.717) is 45.8 Å². The van der Waals surface area contributed by atoms with Gasteiger partial charge in [0.05, 0.1) is 6.54 Å². The number of nitrogens with one attached hydrogen (secondary N) is 1. The average Bonchev–Trinajstić information content (AvgIpc) is 2.47. The quantitative estimate of drug-likeness (QED) is 0.628. The standard InChI is InChI=1S/C13H22N4O4/c1-10(18)15-4-6-16(7-5-15)12(19)9-17-3-2-14-8-11(17)13(20)21/h11,14H,2-9H2,1H3,(H,20,21). The highest BCUT2D eigenvalue weighted by Crippen LogP contribution is 2.07. The van der Waals surface area contributed by atoms with E-state index in [0.717, 1.165) is 0 Å². The minimum absolute atomic E-state index is 0.0233. The Morgan fingerprint density at radius 1 is 1.10 bits per heavy atom. The summed E-state index contributed by atoms with van der Waals surface area (Å²) in [5.74, 6) is -0.946. The lowest BCUT2D eigenvalue weighted by molar-refractivity contribution is -0.146. The summed E-state index contributed by atoms with van der Waals surface area (Å²) in [5, 5.41) is 12.2. The van der Waals surface area contributed by atoms with Gasteiger partial charge >= 0.3 is 5.97 Å². The number of amides is 2. The smallest absolute Gasteiger partial charge is 0.322 e. The van der Waals surface area contributed by atoms with E-state index in [1.807, 2.05) is 0 Å². The van der Waals surface area contributed by atoms with Crippen LogP contribution in [0.4, 0.5) is 0 Å². The van der Waals surface area contributed by atoms with E-state index in [1.54, 1.807) is 14.7 Å². The summed E-state index contributed by atoms with van der Waals surface area (Å²) in [6, 6.07) is -0.652. The van der Waals surface area contributed by atoms with E-state index in [2.05, 4.69) is 5.32 Å². The molecule has 1 unspecified atom stereocenters. The van der Waals surface area contributed by atoms with Gasteiger partial charge in [0.2, 0.25) is 11.8 Å². The van der Waals surface area contributed by atoms with Crippen LogP contribution in [-0.2, 0) is 14.4 Å². The maximum atomic E-state index is 12.3. The lowest BCUT2D eigenvalue weighted by atomic mass is 10.2. The number of nitrogens with zero attached hydrogens (tertiary/aromatic N) is 3. The van der Waals surface area contributed by atoms with Crippen LogP contribution in [0.3, 0.4) is 0 Å². The van der Waals surface area contributed by atoms with Gasteiger partial charge in [0.25, 0.3) is 0 Å². The molecule has 0 aliphatic carbocycles. The molecule has 2 saturated heterocycles. The van der Waals surface area contributed by atoms with E-state index in [-0.39, 0.29) is 18.4 Å². The van der Waals surface area contributed by atoms with E-state index in [4.69, 9.17) is 0 Å². The van der Waals surface area contributed by atoms with Crippen molar-refractivity contribution in [3.05, 3.63) is 0 Å². The Hall–Kier alpha value is -1.67. The van der Waals surface area contributed by atoms with Gasteiger partial charge in [-0.2, -0.15) is 0 Å². The third-order valence-corrected chi connectivity index (χ3v) is 4.06. The van der Waals surface area contributed by atoms with Crippen LogP contribution in [0.15, 0.2) is 0 Å². The molecule has 2 fully saturated rings. The monoisotopic (exact) mass is 298 g/mol. The Bertz CT molecular complexity index is 420. The Labute approximate surface area is 123 Å². The number of piperazine rings is 2. The molecule has 2 aliphatic rings. The van der Waals surface area contributed by atoms with Crippen LogP contribution in [0.1, 0.15) is 6.92 Å². The van der Waals surface area contributed by atoms with Crippen molar-refractivity contribution < 1.29 is 19.5 Å². The molecule has 1 atom stereocenters. The molecule has 0 radical (unpaired) electrons. The number of carbonyl (C=O) groups is 3. The largest absolute Gasteiger partial charge is 0.480 e. The molecular weight excluding hydrogens is 276 g/mol. The van der Waals surface area contributed by atoms with Crippen LogP contribution in [0, 0.1) is 0 Å². The van der Waals surface area contributed by atoms with E-state index >= 15 is 0 Å². The highest BCUT2D eigenvalue weighted by molar-refractivity contribution is 5.81. The van der Waals surface area contributed by atoms with Crippen LogP contribution in [-0.4, -0.2) is 96.0 Å². The van der Waals surface area contributed by atoms with Crippen LogP contribution in [0.25, 0.3) is 0 Å². The van der Waals surface area contributed by atoms with Gasteiger partial charge in [0.1, 0.15) is 6.04 Å². The molecule has 8 nitrogen and oxygen atoms in total. The Kier molecular flexibility index (Phi) is 5.13. The zero-order valence-electron chi connectivity index (χ0n) is 12.2. The summed E-state index contributed by atoms with van der Waals surface area (Å²) in [4.78, 5) is 39.9. The Morgan fingerprint density at radius 3 is 2.29 bits per heavy atom. The van der Waals surface area contributed by atoms with Crippen molar-refractivity contribution in [3.63, 3.8) is 0 Å². The van der Waals surface area contributed by atoms with Gasteiger partial charge < -0.3 is 20.2 Å². The highest BCUT2D eigenvalue weighted by atomic mass is 16.4. The SMILES string of the molecule is CC(=O)N1CCN(C(=O)CN2CCNCC2C(=O)O)CC1. The number of hydrogen-bond donors (Lipinski definition) is 2. The summed E-state index contributed by atoms with van der Waals surface area (Å²) >= 11 is 0. The molecule has 0 bridgehead atoms. The van der Waals surface area contributed by atoms with Gasteiger partial charge in [-0.3, -0.25) is 19.3 Å². The molecule has 0 aromatic rings. The molecule has 2 heterocycles. The highest BCUT2D eigenvalue weighted by Gasteiger charge is 2.31. The third kappa shape index (κ3) is 3.92. The van der Waals surface area contributed by atoms with Crippen LogP contribution >= 0.6 is 0 Å². The topological polar surface area (TPSA) is 93.2 Å². The molecular formula is C13H22N4O4.